The van der Waals surface area contributed by atoms with E-state index in [9.17, 15) is 4.79 Å². The molecular formula is C15H22N2O2. The molecule has 1 aromatic rings. The number of aromatic nitrogens is 1. The van der Waals surface area contributed by atoms with E-state index in [0.29, 0.717) is 13.2 Å². The number of carbonyl (C=O) groups is 1. The van der Waals surface area contributed by atoms with Crippen LogP contribution in [0.4, 0.5) is 5.82 Å². The molecule has 4 heteroatoms. The minimum atomic E-state index is -0.360. The molecule has 0 saturated heterocycles. The van der Waals surface area contributed by atoms with Gasteiger partial charge < -0.3 is 10.1 Å². The van der Waals surface area contributed by atoms with Crippen LogP contribution in [0.15, 0.2) is 18.2 Å². The quantitative estimate of drug-likeness (QED) is 0.829. The van der Waals surface area contributed by atoms with Gasteiger partial charge in [-0.3, -0.25) is 4.79 Å². The van der Waals surface area contributed by atoms with E-state index in [4.69, 9.17) is 4.74 Å². The number of ether oxygens (including phenoxy) is 1. The Bertz CT molecular complexity index is 440. The van der Waals surface area contributed by atoms with Gasteiger partial charge in [-0.05, 0) is 38.8 Å². The fourth-order valence-electron chi connectivity index (χ4n) is 2.69. The summed E-state index contributed by atoms with van der Waals surface area (Å²) in [5.74, 6) is 0.767. The smallest absolute Gasteiger partial charge is 0.313 e. The fourth-order valence-corrected chi connectivity index (χ4v) is 2.69. The molecule has 0 atom stereocenters. The SMILES string of the molecule is CCOC(=O)C1(CNc2cccc(C)n2)CCCC1. The molecule has 0 amide bonds. The molecule has 0 spiro atoms. The number of rotatable bonds is 5. The predicted molar refractivity (Wildman–Crippen MR) is 75.0 cm³/mol. The second-order valence-corrected chi connectivity index (χ2v) is 5.23. The number of esters is 1. The maximum atomic E-state index is 12.2. The summed E-state index contributed by atoms with van der Waals surface area (Å²) in [5, 5.41) is 3.30. The van der Waals surface area contributed by atoms with Gasteiger partial charge in [0.2, 0.25) is 0 Å². The van der Waals surface area contributed by atoms with Crippen molar-refractivity contribution in [2.45, 2.75) is 39.5 Å². The van der Waals surface area contributed by atoms with Gasteiger partial charge >= 0.3 is 5.97 Å². The molecule has 0 bridgehead atoms. The van der Waals surface area contributed by atoms with E-state index in [1.54, 1.807) is 0 Å². The highest BCUT2D eigenvalue weighted by Gasteiger charge is 2.42. The molecule has 19 heavy (non-hydrogen) atoms. The first kappa shape index (κ1) is 13.8. The Morgan fingerprint density at radius 2 is 2.16 bits per heavy atom. The summed E-state index contributed by atoms with van der Waals surface area (Å²) in [4.78, 5) is 16.6. The zero-order valence-electron chi connectivity index (χ0n) is 11.7. The number of anilines is 1. The molecule has 1 fully saturated rings. The maximum absolute atomic E-state index is 12.2. The van der Waals surface area contributed by atoms with Crippen molar-refractivity contribution in [1.82, 2.24) is 4.98 Å². The van der Waals surface area contributed by atoms with Gasteiger partial charge in [0.1, 0.15) is 5.82 Å². The summed E-state index contributed by atoms with van der Waals surface area (Å²) in [6.45, 7) is 4.88. The third-order valence-corrected chi connectivity index (χ3v) is 3.77. The highest BCUT2D eigenvalue weighted by molar-refractivity contribution is 5.78. The topological polar surface area (TPSA) is 51.2 Å². The van der Waals surface area contributed by atoms with Crippen LogP contribution < -0.4 is 5.32 Å². The van der Waals surface area contributed by atoms with Crippen molar-refractivity contribution < 1.29 is 9.53 Å². The Balaban J connectivity index is 2.03. The molecule has 1 aromatic heterocycles. The zero-order chi connectivity index (χ0) is 13.7. The van der Waals surface area contributed by atoms with E-state index in [-0.39, 0.29) is 11.4 Å². The lowest BCUT2D eigenvalue weighted by Crippen LogP contribution is -2.37. The number of aryl methyl sites for hydroxylation is 1. The second kappa shape index (κ2) is 6.04. The highest BCUT2D eigenvalue weighted by Crippen LogP contribution is 2.39. The first-order chi connectivity index (χ1) is 9.16. The molecule has 1 N–H and O–H groups in total. The van der Waals surface area contributed by atoms with Crippen LogP contribution in [0.5, 0.6) is 0 Å². The van der Waals surface area contributed by atoms with Crippen LogP contribution in [0.2, 0.25) is 0 Å². The Morgan fingerprint density at radius 1 is 1.42 bits per heavy atom. The normalized spacial score (nSPS) is 17.2. The minimum absolute atomic E-state index is 0.0624. The van der Waals surface area contributed by atoms with Crippen molar-refractivity contribution in [3.8, 4) is 0 Å². The van der Waals surface area contributed by atoms with Gasteiger partial charge in [0.25, 0.3) is 0 Å². The number of carbonyl (C=O) groups excluding carboxylic acids is 1. The summed E-state index contributed by atoms with van der Waals surface area (Å²) >= 11 is 0. The average Bonchev–Trinajstić information content (AvgIpc) is 2.87. The van der Waals surface area contributed by atoms with Crippen LogP contribution in [0, 0.1) is 12.3 Å². The molecule has 0 aromatic carbocycles. The van der Waals surface area contributed by atoms with Crippen LogP contribution in [0.3, 0.4) is 0 Å². The number of nitrogens with one attached hydrogen (secondary N) is 1. The van der Waals surface area contributed by atoms with E-state index < -0.39 is 0 Å². The number of hydrogen-bond donors (Lipinski definition) is 1. The fraction of sp³-hybridized carbons (Fsp3) is 0.600. The summed E-state index contributed by atoms with van der Waals surface area (Å²) in [6.07, 6.45) is 4.01. The maximum Gasteiger partial charge on any atom is 0.313 e. The van der Waals surface area contributed by atoms with Crippen molar-refractivity contribution in [3.63, 3.8) is 0 Å². The van der Waals surface area contributed by atoms with E-state index >= 15 is 0 Å². The van der Waals surface area contributed by atoms with E-state index in [2.05, 4.69) is 10.3 Å². The number of pyridine rings is 1. The molecule has 1 heterocycles. The third-order valence-electron chi connectivity index (χ3n) is 3.77. The van der Waals surface area contributed by atoms with Gasteiger partial charge in [0, 0.05) is 12.2 Å². The second-order valence-electron chi connectivity index (χ2n) is 5.23. The zero-order valence-corrected chi connectivity index (χ0v) is 11.7. The molecule has 1 saturated carbocycles. The third kappa shape index (κ3) is 3.25. The summed E-state index contributed by atoms with van der Waals surface area (Å²) < 4.78 is 5.24. The molecule has 0 unspecified atom stereocenters. The van der Waals surface area contributed by atoms with Gasteiger partial charge in [0.05, 0.1) is 12.0 Å². The largest absolute Gasteiger partial charge is 0.466 e. The van der Waals surface area contributed by atoms with Crippen LogP contribution in [0.1, 0.15) is 38.3 Å². The standard InChI is InChI=1S/C15H22N2O2/c1-3-19-14(18)15(9-4-5-10-15)11-16-13-8-6-7-12(2)17-13/h6-8H,3-5,9-11H2,1-2H3,(H,16,17). The van der Waals surface area contributed by atoms with Gasteiger partial charge in [-0.25, -0.2) is 4.98 Å². The van der Waals surface area contributed by atoms with Gasteiger partial charge in [-0.15, -0.1) is 0 Å². The Labute approximate surface area is 114 Å². The van der Waals surface area contributed by atoms with Crippen molar-refractivity contribution >= 4 is 11.8 Å². The molecule has 0 aliphatic heterocycles. The highest BCUT2D eigenvalue weighted by atomic mass is 16.5. The van der Waals surface area contributed by atoms with Crippen LogP contribution >= 0.6 is 0 Å². The monoisotopic (exact) mass is 262 g/mol. The van der Waals surface area contributed by atoms with E-state index in [1.807, 2.05) is 32.0 Å². The predicted octanol–water partition coefficient (Wildman–Crippen LogP) is 2.93. The van der Waals surface area contributed by atoms with Crippen molar-refractivity contribution in [3.05, 3.63) is 23.9 Å². The molecule has 1 aliphatic rings. The summed E-state index contributed by atoms with van der Waals surface area (Å²) in [5.41, 5.74) is 0.614. The summed E-state index contributed by atoms with van der Waals surface area (Å²) in [7, 11) is 0. The lowest BCUT2D eigenvalue weighted by atomic mass is 9.86. The van der Waals surface area contributed by atoms with Gasteiger partial charge in [-0.2, -0.15) is 0 Å². The van der Waals surface area contributed by atoms with Crippen LogP contribution in [-0.2, 0) is 9.53 Å². The van der Waals surface area contributed by atoms with Crippen LogP contribution in [0.25, 0.3) is 0 Å². The molecule has 4 nitrogen and oxygen atoms in total. The average molecular weight is 262 g/mol. The lowest BCUT2D eigenvalue weighted by molar-refractivity contribution is -0.154. The Morgan fingerprint density at radius 3 is 2.79 bits per heavy atom. The molecule has 1 aliphatic carbocycles. The van der Waals surface area contributed by atoms with Gasteiger partial charge in [0.15, 0.2) is 0 Å². The van der Waals surface area contributed by atoms with Crippen LogP contribution in [-0.4, -0.2) is 24.1 Å². The Hall–Kier alpha value is -1.58. The number of hydrogen-bond acceptors (Lipinski definition) is 4. The van der Waals surface area contributed by atoms with Crippen molar-refractivity contribution in [1.29, 1.82) is 0 Å². The molecular weight excluding hydrogens is 240 g/mol. The number of nitrogens with zero attached hydrogens (tertiary/aromatic N) is 1. The van der Waals surface area contributed by atoms with E-state index in [0.717, 1.165) is 37.2 Å². The van der Waals surface area contributed by atoms with Gasteiger partial charge in [-0.1, -0.05) is 18.9 Å². The molecule has 104 valence electrons. The first-order valence-corrected chi connectivity index (χ1v) is 7.01. The Kier molecular flexibility index (Phi) is 4.40. The molecule has 0 radical (unpaired) electrons. The summed E-state index contributed by atoms with van der Waals surface area (Å²) in [6, 6.07) is 5.86. The molecule has 2 rings (SSSR count). The van der Waals surface area contributed by atoms with Crippen molar-refractivity contribution in [2.75, 3.05) is 18.5 Å². The van der Waals surface area contributed by atoms with E-state index in [1.165, 1.54) is 0 Å². The lowest BCUT2D eigenvalue weighted by Gasteiger charge is -2.26. The first-order valence-electron chi connectivity index (χ1n) is 7.01. The van der Waals surface area contributed by atoms with Crippen molar-refractivity contribution in [2.24, 2.45) is 5.41 Å². The minimum Gasteiger partial charge on any atom is -0.466 e.